The zero-order valence-electron chi connectivity index (χ0n) is 9.94. The Balaban J connectivity index is 2.11. The Morgan fingerprint density at radius 3 is 3.06 bits per heavy atom. The molecule has 0 bridgehead atoms. The van der Waals surface area contributed by atoms with E-state index in [4.69, 9.17) is 21.1 Å². The van der Waals surface area contributed by atoms with Crippen LogP contribution in [0.2, 0.25) is 5.02 Å². The number of piperidine rings is 1. The zero-order valence-corrected chi connectivity index (χ0v) is 10.7. The second-order valence-electron chi connectivity index (χ2n) is 4.14. The molecule has 2 rings (SSSR count). The highest BCUT2D eigenvalue weighted by Crippen LogP contribution is 2.26. The molecule has 1 aromatic heterocycles. The van der Waals surface area contributed by atoms with Gasteiger partial charge in [0, 0.05) is 6.54 Å². The molecule has 6 heteroatoms. The van der Waals surface area contributed by atoms with E-state index >= 15 is 0 Å². The molecule has 0 amide bonds. The maximum absolute atomic E-state index is 5.99. The van der Waals surface area contributed by atoms with Gasteiger partial charge in [-0.2, -0.15) is 4.98 Å². The predicted octanol–water partition coefficient (Wildman–Crippen LogP) is 1.52. The fourth-order valence-electron chi connectivity index (χ4n) is 1.78. The minimum absolute atomic E-state index is 0.0841. The van der Waals surface area contributed by atoms with E-state index in [2.05, 4.69) is 22.2 Å². The van der Waals surface area contributed by atoms with E-state index in [1.54, 1.807) is 0 Å². The highest BCUT2D eigenvalue weighted by molar-refractivity contribution is 6.31. The van der Waals surface area contributed by atoms with Crippen molar-refractivity contribution in [2.75, 3.05) is 20.2 Å². The maximum Gasteiger partial charge on any atom is 0.319 e. The molecule has 2 atom stereocenters. The second kappa shape index (κ2) is 5.51. The molecule has 2 unspecified atom stereocenters. The van der Waals surface area contributed by atoms with Crippen molar-refractivity contribution in [3.8, 4) is 11.9 Å². The van der Waals surface area contributed by atoms with Gasteiger partial charge in [0.1, 0.15) is 11.1 Å². The summed E-state index contributed by atoms with van der Waals surface area (Å²) < 4.78 is 10.8. The van der Waals surface area contributed by atoms with E-state index in [0.717, 1.165) is 19.5 Å². The topological polar surface area (TPSA) is 56.3 Å². The quantitative estimate of drug-likeness (QED) is 0.890. The number of nitrogens with one attached hydrogen (secondary N) is 1. The van der Waals surface area contributed by atoms with Gasteiger partial charge in [-0.05, 0) is 18.9 Å². The zero-order chi connectivity index (χ0) is 12.3. The van der Waals surface area contributed by atoms with Crippen molar-refractivity contribution in [1.29, 1.82) is 0 Å². The van der Waals surface area contributed by atoms with Gasteiger partial charge in [0.15, 0.2) is 0 Å². The van der Waals surface area contributed by atoms with Crippen LogP contribution in [0.15, 0.2) is 6.20 Å². The Kier molecular flexibility index (Phi) is 4.02. The predicted molar refractivity (Wildman–Crippen MR) is 64.7 cm³/mol. The molecule has 1 N–H and O–H groups in total. The highest BCUT2D eigenvalue weighted by Gasteiger charge is 2.24. The SMILES string of the molecule is COc1ncc(Cl)c(OC2CNCCC2C)n1. The first-order valence-corrected chi connectivity index (χ1v) is 6.02. The molecular weight excluding hydrogens is 242 g/mol. The normalized spacial score (nSPS) is 24.4. The number of rotatable bonds is 3. The Morgan fingerprint density at radius 2 is 2.35 bits per heavy atom. The first-order valence-electron chi connectivity index (χ1n) is 5.64. The van der Waals surface area contributed by atoms with Crippen molar-refractivity contribution in [3.63, 3.8) is 0 Å². The van der Waals surface area contributed by atoms with Crippen LogP contribution in [0.5, 0.6) is 11.9 Å². The average Bonchev–Trinajstić information content (AvgIpc) is 2.35. The molecule has 2 heterocycles. The summed E-state index contributed by atoms with van der Waals surface area (Å²) in [5, 5.41) is 3.70. The summed E-state index contributed by atoms with van der Waals surface area (Å²) in [4.78, 5) is 8.01. The summed E-state index contributed by atoms with van der Waals surface area (Å²) in [6, 6.07) is 0.265. The lowest BCUT2D eigenvalue weighted by molar-refractivity contribution is 0.108. The molecule has 1 saturated heterocycles. The van der Waals surface area contributed by atoms with Crippen LogP contribution in [-0.2, 0) is 0 Å². The van der Waals surface area contributed by atoms with E-state index in [0.29, 0.717) is 16.8 Å². The third-order valence-electron chi connectivity index (χ3n) is 2.89. The van der Waals surface area contributed by atoms with E-state index < -0.39 is 0 Å². The van der Waals surface area contributed by atoms with Crippen LogP contribution in [-0.4, -0.2) is 36.3 Å². The van der Waals surface area contributed by atoms with Crippen LogP contribution >= 0.6 is 11.6 Å². The lowest BCUT2D eigenvalue weighted by Gasteiger charge is -2.29. The number of halogens is 1. The van der Waals surface area contributed by atoms with Crippen molar-refractivity contribution in [3.05, 3.63) is 11.2 Å². The van der Waals surface area contributed by atoms with Crippen LogP contribution in [0.3, 0.4) is 0 Å². The number of hydrogen-bond donors (Lipinski definition) is 1. The first kappa shape index (κ1) is 12.4. The Bertz CT molecular complexity index is 389. The molecule has 0 saturated carbocycles. The van der Waals surface area contributed by atoms with Gasteiger partial charge in [-0.25, -0.2) is 4.98 Å². The molecule has 1 aliphatic heterocycles. The third-order valence-corrected chi connectivity index (χ3v) is 3.15. The Labute approximate surface area is 105 Å². The van der Waals surface area contributed by atoms with Crippen molar-refractivity contribution in [2.45, 2.75) is 19.4 Å². The summed E-state index contributed by atoms with van der Waals surface area (Å²) >= 11 is 5.99. The monoisotopic (exact) mass is 257 g/mol. The number of ether oxygens (including phenoxy) is 2. The molecule has 1 fully saturated rings. The fourth-order valence-corrected chi connectivity index (χ4v) is 1.92. The van der Waals surface area contributed by atoms with Crippen LogP contribution in [0.4, 0.5) is 0 Å². The Morgan fingerprint density at radius 1 is 1.53 bits per heavy atom. The van der Waals surface area contributed by atoms with E-state index in [1.807, 2.05) is 0 Å². The molecule has 0 radical (unpaired) electrons. The van der Waals surface area contributed by atoms with Gasteiger partial charge in [-0.1, -0.05) is 18.5 Å². The fraction of sp³-hybridized carbons (Fsp3) is 0.636. The molecule has 17 heavy (non-hydrogen) atoms. The summed E-state index contributed by atoms with van der Waals surface area (Å²) in [6.45, 7) is 4.00. The van der Waals surface area contributed by atoms with Crippen LogP contribution in [0.25, 0.3) is 0 Å². The largest absolute Gasteiger partial charge is 0.472 e. The number of hydrogen-bond acceptors (Lipinski definition) is 5. The van der Waals surface area contributed by atoms with Crippen molar-refractivity contribution < 1.29 is 9.47 Å². The lowest BCUT2D eigenvalue weighted by atomic mass is 9.97. The third kappa shape index (κ3) is 2.98. The van der Waals surface area contributed by atoms with Gasteiger partial charge in [0.05, 0.1) is 13.3 Å². The molecule has 1 aromatic rings. The smallest absolute Gasteiger partial charge is 0.319 e. The summed E-state index contributed by atoms with van der Waals surface area (Å²) in [6.07, 6.45) is 2.66. The lowest BCUT2D eigenvalue weighted by Crippen LogP contribution is -2.43. The van der Waals surface area contributed by atoms with Gasteiger partial charge >= 0.3 is 6.01 Å². The molecular formula is C11H16ClN3O2. The first-order chi connectivity index (χ1) is 8.20. The minimum atomic E-state index is 0.0841. The maximum atomic E-state index is 5.99. The average molecular weight is 258 g/mol. The molecule has 94 valence electrons. The van der Waals surface area contributed by atoms with Crippen LogP contribution in [0, 0.1) is 5.92 Å². The summed E-state index contributed by atoms with van der Waals surface area (Å²) in [5.74, 6) is 0.868. The number of nitrogens with zero attached hydrogens (tertiary/aromatic N) is 2. The van der Waals surface area contributed by atoms with Gasteiger partial charge in [0.2, 0.25) is 5.88 Å². The van der Waals surface area contributed by atoms with Crippen molar-refractivity contribution in [2.24, 2.45) is 5.92 Å². The number of methoxy groups -OCH3 is 1. The molecule has 0 aromatic carbocycles. The molecule has 0 spiro atoms. The van der Waals surface area contributed by atoms with E-state index in [1.165, 1.54) is 13.3 Å². The van der Waals surface area contributed by atoms with Crippen LogP contribution < -0.4 is 14.8 Å². The van der Waals surface area contributed by atoms with Crippen molar-refractivity contribution in [1.82, 2.24) is 15.3 Å². The summed E-state index contributed by atoms with van der Waals surface area (Å²) in [5.41, 5.74) is 0. The molecule has 5 nitrogen and oxygen atoms in total. The van der Waals surface area contributed by atoms with Crippen LogP contribution in [0.1, 0.15) is 13.3 Å². The van der Waals surface area contributed by atoms with E-state index in [-0.39, 0.29) is 12.1 Å². The molecule has 1 aliphatic rings. The standard InChI is InChI=1S/C11H16ClN3O2/c1-7-3-4-13-6-9(7)17-10-8(12)5-14-11(15-10)16-2/h5,7,9,13H,3-4,6H2,1-2H3. The van der Waals surface area contributed by atoms with Gasteiger partial charge in [-0.3, -0.25) is 0 Å². The molecule has 0 aliphatic carbocycles. The number of aromatic nitrogens is 2. The van der Waals surface area contributed by atoms with Crippen molar-refractivity contribution >= 4 is 11.6 Å². The van der Waals surface area contributed by atoms with Gasteiger partial charge < -0.3 is 14.8 Å². The minimum Gasteiger partial charge on any atom is -0.472 e. The van der Waals surface area contributed by atoms with Gasteiger partial charge in [-0.15, -0.1) is 0 Å². The Hall–Kier alpha value is -1.07. The van der Waals surface area contributed by atoms with Gasteiger partial charge in [0.25, 0.3) is 0 Å². The summed E-state index contributed by atoms with van der Waals surface area (Å²) in [7, 11) is 1.51. The highest BCUT2D eigenvalue weighted by atomic mass is 35.5. The van der Waals surface area contributed by atoms with E-state index in [9.17, 15) is 0 Å². The second-order valence-corrected chi connectivity index (χ2v) is 4.54.